The molecule has 2 aliphatic rings. The van der Waals surface area contributed by atoms with Crippen LogP contribution in [0.3, 0.4) is 0 Å². The smallest absolute Gasteiger partial charge is 0.226 e. The first-order valence-corrected chi connectivity index (χ1v) is 12.4. The maximum Gasteiger partial charge on any atom is 0.226 e. The molecule has 10 heteroatoms. The van der Waals surface area contributed by atoms with Gasteiger partial charge in [-0.1, -0.05) is 18.2 Å². The second-order valence-electron chi connectivity index (χ2n) is 8.50. The van der Waals surface area contributed by atoms with Crippen molar-refractivity contribution in [2.75, 3.05) is 12.3 Å². The third-order valence-electron chi connectivity index (χ3n) is 6.21. The zero-order chi connectivity index (χ0) is 23.9. The molecule has 33 heavy (non-hydrogen) atoms. The second-order valence-corrected chi connectivity index (χ2v) is 10.5. The van der Waals surface area contributed by atoms with Gasteiger partial charge in [-0.2, -0.15) is 0 Å². The number of sulfonamides is 1. The van der Waals surface area contributed by atoms with Crippen LogP contribution < -0.4 is 4.72 Å². The number of carbonyl (C=O) groups excluding carboxylic acids is 1. The number of nitrogens with zero attached hydrogens (tertiary/aromatic N) is 1. The molecular weight excluding hydrogens is 460 g/mol. The van der Waals surface area contributed by atoms with Gasteiger partial charge in [0.1, 0.15) is 23.6 Å². The fourth-order valence-electron chi connectivity index (χ4n) is 4.24. The third-order valence-corrected chi connectivity index (χ3v) is 7.60. The van der Waals surface area contributed by atoms with E-state index in [-0.39, 0.29) is 47.2 Å². The third kappa shape index (κ3) is 4.91. The highest BCUT2D eigenvalue weighted by atomic mass is 32.2. The first-order chi connectivity index (χ1) is 15.6. The molecule has 0 bridgehead atoms. The Hall–Kier alpha value is -2.46. The van der Waals surface area contributed by atoms with Crippen LogP contribution in [-0.4, -0.2) is 49.8 Å². The maximum absolute atomic E-state index is 15.4. The number of rotatable bonds is 7. The van der Waals surface area contributed by atoms with Gasteiger partial charge in [0.05, 0.1) is 24.4 Å². The van der Waals surface area contributed by atoms with Gasteiger partial charge in [0, 0.05) is 17.0 Å². The van der Waals surface area contributed by atoms with E-state index in [9.17, 15) is 26.4 Å². The van der Waals surface area contributed by atoms with Gasteiger partial charge in [-0.3, -0.25) is 4.79 Å². The van der Waals surface area contributed by atoms with Crippen LogP contribution in [0.5, 0.6) is 0 Å². The molecule has 0 radical (unpaired) electrons. The molecule has 0 aromatic heterocycles. The number of hydrogen-bond donors (Lipinski definition) is 1. The Labute approximate surface area is 189 Å². The van der Waals surface area contributed by atoms with E-state index in [2.05, 4.69) is 4.72 Å². The largest absolute Gasteiger partial charge is 0.334 e. The lowest BCUT2D eigenvalue weighted by Gasteiger charge is -2.29. The number of halogens is 4. The average Bonchev–Trinajstić information content (AvgIpc) is 3.58. The molecule has 0 unspecified atom stereocenters. The van der Waals surface area contributed by atoms with E-state index in [1.165, 1.54) is 30.0 Å². The molecule has 0 spiro atoms. The molecule has 2 aromatic carbocycles. The monoisotopic (exact) mass is 484 g/mol. The van der Waals surface area contributed by atoms with Crippen LogP contribution in [0.25, 0.3) is 11.1 Å². The fraction of sp³-hybridized carbons (Fsp3) is 0.435. The molecular formula is C23H24F4N2O3S. The first-order valence-electron chi connectivity index (χ1n) is 10.8. The Balaban J connectivity index is 1.70. The Kier molecular flexibility index (Phi) is 6.50. The van der Waals surface area contributed by atoms with Crippen LogP contribution in [-0.2, 0) is 21.2 Å². The lowest BCUT2D eigenvalue weighted by atomic mass is 9.95. The lowest BCUT2D eigenvalue weighted by molar-refractivity contribution is -0.133. The summed E-state index contributed by atoms with van der Waals surface area (Å²) in [7, 11) is -3.80. The molecule has 1 saturated carbocycles. The van der Waals surface area contributed by atoms with Gasteiger partial charge in [-0.05, 0) is 49.9 Å². The number of alkyl halides is 1. The van der Waals surface area contributed by atoms with Crippen molar-refractivity contribution in [2.45, 2.75) is 44.4 Å². The van der Waals surface area contributed by atoms with E-state index in [4.69, 9.17) is 0 Å². The minimum Gasteiger partial charge on any atom is -0.334 e. The van der Waals surface area contributed by atoms with Crippen LogP contribution in [0.15, 0.2) is 36.4 Å². The highest BCUT2D eigenvalue weighted by Crippen LogP contribution is 2.36. The molecule has 1 amide bonds. The van der Waals surface area contributed by atoms with Gasteiger partial charge in [0.25, 0.3) is 0 Å². The molecule has 3 atom stereocenters. The highest BCUT2D eigenvalue weighted by Gasteiger charge is 2.48. The maximum atomic E-state index is 15.4. The molecule has 4 rings (SSSR count). The normalized spacial score (nSPS) is 23.2. The van der Waals surface area contributed by atoms with Crippen molar-refractivity contribution in [2.24, 2.45) is 5.92 Å². The van der Waals surface area contributed by atoms with E-state index in [0.29, 0.717) is 12.8 Å². The van der Waals surface area contributed by atoms with Gasteiger partial charge in [0.2, 0.25) is 15.9 Å². The van der Waals surface area contributed by atoms with Crippen molar-refractivity contribution in [1.82, 2.24) is 9.62 Å². The Morgan fingerprint density at radius 1 is 1.12 bits per heavy atom. The SMILES string of the molecule is CCS(=O)(=O)N[C@H]1[C@@H](F)CN(C(=O)C2CC2)[C@H]1Cc1cccc(-c2cc(F)ccc2F)c1F. The van der Waals surface area contributed by atoms with Crippen molar-refractivity contribution in [3.63, 3.8) is 0 Å². The van der Waals surface area contributed by atoms with Crippen molar-refractivity contribution in [3.8, 4) is 11.1 Å². The summed E-state index contributed by atoms with van der Waals surface area (Å²) in [5, 5.41) is 0. The van der Waals surface area contributed by atoms with E-state index in [0.717, 1.165) is 18.2 Å². The summed E-state index contributed by atoms with van der Waals surface area (Å²) in [6, 6.07) is 4.66. The van der Waals surface area contributed by atoms with Crippen LogP contribution in [0.1, 0.15) is 25.3 Å². The summed E-state index contributed by atoms with van der Waals surface area (Å²) in [5.41, 5.74) is -0.395. The van der Waals surface area contributed by atoms with Gasteiger partial charge in [-0.15, -0.1) is 0 Å². The summed E-state index contributed by atoms with van der Waals surface area (Å²) < 4.78 is 84.9. The molecule has 2 aromatic rings. The number of amides is 1. The summed E-state index contributed by atoms with van der Waals surface area (Å²) in [5.74, 6) is -3.17. The van der Waals surface area contributed by atoms with E-state index < -0.39 is 45.7 Å². The summed E-state index contributed by atoms with van der Waals surface area (Å²) in [6.07, 6.45) is -0.502. The minimum absolute atomic E-state index is 0.0459. The summed E-state index contributed by atoms with van der Waals surface area (Å²) in [6.45, 7) is 1.11. The summed E-state index contributed by atoms with van der Waals surface area (Å²) >= 11 is 0. The lowest BCUT2D eigenvalue weighted by Crippen LogP contribution is -2.50. The second kappa shape index (κ2) is 9.06. The van der Waals surface area contributed by atoms with E-state index in [1.807, 2.05) is 0 Å². The van der Waals surface area contributed by atoms with Crippen LogP contribution in [0.2, 0.25) is 0 Å². The highest BCUT2D eigenvalue weighted by molar-refractivity contribution is 7.89. The van der Waals surface area contributed by atoms with Crippen LogP contribution >= 0.6 is 0 Å². The number of nitrogens with one attached hydrogen (secondary N) is 1. The van der Waals surface area contributed by atoms with Crippen molar-refractivity contribution >= 4 is 15.9 Å². The predicted octanol–water partition coefficient (Wildman–Crippen LogP) is 3.58. The number of benzene rings is 2. The van der Waals surface area contributed by atoms with Gasteiger partial charge < -0.3 is 4.90 Å². The number of carbonyl (C=O) groups is 1. The molecule has 1 N–H and O–H groups in total. The predicted molar refractivity (Wildman–Crippen MR) is 115 cm³/mol. The summed E-state index contributed by atoms with van der Waals surface area (Å²) in [4.78, 5) is 14.1. The Morgan fingerprint density at radius 2 is 1.85 bits per heavy atom. The zero-order valence-electron chi connectivity index (χ0n) is 17.9. The molecule has 178 valence electrons. The van der Waals surface area contributed by atoms with Crippen LogP contribution in [0.4, 0.5) is 17.6 Å². The van der Waals surface area contributed by atoms with Crippen molar-refractivity contribution < 1.29 is 30.8 Å². The molecule has 1 saturated heterocycles. The Morgan fingerprint density at radius 3 is 2.52 bits per heavy atom. The molecule has 1 aliphatic heterocycles. The van der Waals surface area contributed by atoms with Gasteiger partial charge >= 0.3 is 0 Å². The molecule has 5 nitrogen and oxygen atoms in total. The van der Waals surface area contributed by atoms with Gasteiger partial charge in [0.15, 0.2) is 0 Å². The van der Waals surface area contributed by atoms with E-state index >= 15 is 4.39 Å². The Bertz CT molecular complexity index is 1170. The van der Waals surface area contributed by atoms with Crippen LogP contribution in [0, 0.1) is 23.4 Å². The number of hydrogen-bond acceptors (Lipinski definition) is 3. The standard InChI is InChI=1S/C23H24F4N2O3S/c1-2-33(31,32)28-22-19(26)12-29(23(30)13-6-7-13)20(22)10-14-4-3-5-16(21(14)27)17-11-15(24)8-9-18(17)25/h3-5,8-9,11,13,19-20,22,28H,2,6-7,10,12H2,1H3/t19-,20-,22-/m0/s1. The molecule has 2 fully saturated rings. The van der Waals surface area contributed by atoms with Gasteiger partial charge in [-0.25, -0.2) is 30.7 Å². The quantitative estimate of drug-likeness (QED) is 0.611. The van der Waals surface area contributed by atoms with Crippen molar-refractivity contribution in [1.29, 1.82) is 0 Å². The minimum atomic E-state index is -3.80. The first kappa shape index (κ1) is 23.7. The molecule has 1 aliphatic carbocycles. The topological polar surface area (TPSA) is 66.5 Å². The molecule has 1 heterocycles. The fourth-order valence-corrected chi connectivity index (χ4v) is 5.13. The van der Waals surface area contributed by atoms with Crippen molar-refractivity contribution in [3.05, 3.63) is 59.4 Å². The average molecular weight is 485 g/mol. The van der Waals surface area contributed by atoms with E-state index in [1.54, 1.807) is 0 Å². The number of likely N-dealkylation sites (tertiary alicyclic amines) is 1. The zero-order valence-corrected chi connectivity index (χ0v) is 18.7.